The molecule has 2 heterocycles. The molecule has 1 fully saturated rings. The molecule has 2 aromatic carbocycles. The third kappa shape index (κ3) is 4.69. The maximum Gasteiger partial charge on any atom is 0.305 e. The fourth-order valence-electron chi connectivity index (χ4n) is 6.08. The highest BCUT2D eigenvalue weighted by molar-refractivity contribution is 6.03. The highest BCUT2D eigenvalue weighted by Gasteiger charge is 2.56. The van der Waals surface area contributed by atoms with Gasteiger partial charge in [-0.05, 0) is 47.9 Å². The summed E-state index contributed by atoms with van der Waals surface area (Å²) in [7, 11) is 1.35. The Morgan fingerprint density at radius 2 is 2.00 bits per heavy atom. The van der Waals surface area contributed by atoms with E-state index in [0.29, 0.717) is 18.4 Å². The second-order valence-electron chi connectivity index (χ2n) is 10.6. The molecule has 3 aromatic rings. The summed E-state index contributed by atoms with van der Waals surface area (Å²) in [6.45, 7) is 3.06. The fraction of sp³-hybridized carbons (Fsp3) is 0.433. The number of aliphatic carboxylic acids is 1. The van der Waals surface area contributed by atoms with Gasteiger partial charge in [0.05, 0.1) is 18.7 Å². The second kappa shape index (κ2) is 10.4. The van der Waals surface area contributed by atoms with Gasteiger partial charge in [0.2, 0.25) is 5.91 Å². The van der Waals surface area contributed by atoms with E-state index in [0.717, 1.165) is 27.7 Å². The van der Waals surface area contributed by atoms with Crippen molar-refractivity contribution in [1.82, 2.24) is 10.2 Å². The van der Waals surface area contributed by atoms with Crippen molar-refractivity contribution in [3.05, 3.63) is 59.9 Å². The van der Waals surface area contributed by atoms with Crippen LogP contribution in [-0.2, 0) is 20.9 Å². The van der Waals surface area contributed by atoms with Crippen molar-refractivity contribution < 1.29 is 33.0 Å². The number of carboxylic acids is 1. The SMILES string of the molecule is CCC(C(=O)NC(CC(=O)O)C(CF)(OC)C1CC1C)N1Cc2ccc(-c3coc4ccccc34)cc2C1=O. The van der Waals surface area contributed by atoms with E-state index in [1.165, 1.54) is 12.0 Å². The molecule has 0 radical (unpaired) electrons. The first-order valence-corrected chi connectivity index (χ1v) is 13.3. The van der Waals surface area contributed by atoms with E-state index < -0.39 is 42.7 Å². The largest absolute Gasteiger partial charge is 0.481 e. The quantitative estimate of drug-likeness (QED) is 0.364. The zero-order chi connectivity index (χ0) is 27.9. The Morgan fingerprint density at radius 1 is 1.26 bits per heavy atom. The van der Waals surface area contributed by atoms with Crippen LogP contribution in [0.2, 0.25) is 0 Å². The summed E-state index contributed by atoms with van der Waals surface area (Å²) < 4.78 is 25.7. The number of hydrogen-bond donors (Lipinski definition) is 2. The van der Waals surface area contributed by atoms with Gasteiger partial charge in [-0.3, -0.25) is 14.4 Å². The molecule has 0 saturated heterocycles. The number of carbonyl (C=O) groups excluding carboxylic acids is 2. The number of ether oxygens (including phenoxy) is 1. The van der Waals surface area contributed by atoms with Crippen LogP contribution in [-0.4, -0.2) is 59.3 Å². The number of amides is 2. The van der Waals surface area contributed by atoms with Gasteiger partial charge in [-0.15, -0.1) is 0 Å². The third-order valence-corrected chi connectivity index (χ3v) is 8.41. The molecule has 1 aromatic heterocycles. The lowest BCUT2D eigenvalue weighted by atomic mass is 9.86. The number of furan rings is 1. The van der Waals surface area contributed by atoms with E-state index in [1.807, 2.05) is 49.4 Å². The Labute approximate surface area is 226 Å². The maximum atomic E-state index is 14.5. The first-order chi connectivity index (χ1) is 18.7. The minimum atomic E-state index is -1.44. The molecule has 206 valence electrons. The number of carbonyl (C=O) groups is 3. The van der Waals surface area contributed by atoms with Gasteiger partial charge in [0, 0.05) is 30.2 Å². The van der Waals surface area contributed by atoms with Gasteiger partial charge in [-0.1, -0.05) is 44.2 Å². The predicted molar refractivity (Wildman–Crippen MR) is 143 cm³/mol. The maximum absolute atomic E-state index is 14.5. The van der Waals surface area contributed by atoms with Crippen LogP contribution in [0, 0.1) is 11.8 Å². The lowest BCUT2D eigenvalue weighted by Crippen LogP contribution is -2.60. The van der Waals surface area contributed by atoms with E-state index in [9.17, 15) is 23.9 Å². The Hall–Kier alpha value is -3.72. The average molecular weight is 537 g/mol. The zero-order valence-electron chi connectivity index (χ0n) is 22.3. The molecule has 0 spiro atoms. The molecule has 5 rings (SSSR count). The van der Waals surface area contributed by atoms with Crippen LogP contribution < -0.4 is 5.32 Å². The summed E-state index contributed by atoms with van der Waals surface area (Å²) >= 11 is 0. The molecule has 1 aliphatic heterocycles. The van der Waals surface area contributed by atoms with Crippen LogP contribution in [0.15, 0.2) is 53.1 Å². The zero-order valence-corrected chi connectivity index (χ0v) is 22.3. The summed E-state index contributed by atoms with van der Waals surface area (Å²) in [6.07, 6.45) is 2.18. The standard InChI is InChI=1S/C30H33FN2O6/c1-4-24(28(36)32-26(13-27(34)35)30(16-31,38-3)23-11-17(23)2)33-14-19-10-9-18(12-21(19)29(33)37)22-15-39-25-8-6-5-7-20(22)25/h5-10,12,15,17,23-24,26H,4,11,13-14,16H2,1-3H3,(H,32,36)(H,34,35). The molecule has 2 aliphatic rings. The third-order valence-electron chi connectivity index (χ3n) is 8.41. The number of methoxy groups -OCH3 is 1. The van der Waals surface area contributed by atoms with Crippen molar-refractivity contribution in [1.29, 1.82) is 0 Å². The number of rotatable bonds is 11. The molecule has 1 saturated carbocycles. The van der Waals surface area contributed by atoms with Crippen LogP contribution >= 0.6 is 0 Å². The topological polar surface area (TPSA) is 109 Å². The number of nitrogens with one attached hydrogen (secondary N) is 1. The number of carboxylic acid groups (broad SMARTS) is 1. The van der Waals surface area contributed by atoms with Crippen molar-refractivity contribution in [2.24, 2.45) is 11.8 Å². The van der Waals surface area contributed by atoms with E-state index in [4.69, 9.17) is 9.15 Å². The van der Waals surface area contributed by atoms with Crippen molar-refractivity contribution >= 4 is 28.8 Å². The van der Waals surface area contributed by atoms with Gasteiger partial charge in [0.1, 0.15) is 23.9 Å². The molecule has 39 heavy (non-hydrogen) atoms. The highest BCUT2D eigenvalue weighted by Crippen LogP contribution is 2.50. The minimum Gasteiger partial charge on any atom is -0.481 e. The second-order valence-corrected chi connectivity index (χ2v) is 10.6. The van der Waals surface area contributed by atoms with Crippen LogP contribution in [0.1, 0.15) is 49.0 Å². The summed E-state index contributed by atoms with van der Waals surface area (Å²) in [6, 6.07) is 11.4. The first kappa shape index (κ1) is 26.9. The van der Waals surface area contributed by atoms with Crippen LogP contribution in [0.5, 0.6) is 0 Å². The van der Waals surface area contributed by atoms with Gasteiger partial charge >= 0.3 is 5.97 Å². The van der Waals surface area contributed by atoms with Crippen LogP contribution in [0.4, 0.5) is 4.39 Å². The first-order valence-electron chi connectivity index (χ1n) is 13.3. The van der Waals surface area contributed by atoms with Crippen LogP contribution in [0.25, 0.3) is 22.1 Å². The molecule has 2 N–H and O–H groups in total. The lowest BCUT2D eigenvalue weighted by molar-refractivity contribution is -0.144. The van der Waals surface area contributed by atoms with Crippen LogP contribution in [0.3, 0.4) is 0 Å². The summed E-state index contributed by atoms with van der Waals surface area (Å²) in [4.78, 5) is 40.3. The Bertz CT molecular complexity index is 1410. The molecule has 5 atom stereocenters. The van der Waals surface area contributed by atoms with E-state index in [2.05, 4.69) is 5.32 Å². The van der Waals surface area contributed by atoms with Crippen molar-refractivity contribution in [3.8, 4) is 11.1 Å². The van der Waals surface area contributed by atoms with Gasteiger partial charge in [-0.2, -0.15) is 0 Å². The van der Waals surface area contributed by atoms with Crippen molar-refractivity contribution in [2.75, 3.05) is 13.8 Å². The molecule has 1 aliphatic carbocycles. The predicted octanol–water partition coefficient (Wildman–Crippen LogP) is 4.80. The number of benzene rings is 2. The molecule has 0 bridgehead atoms. The smallest absolute Gasteiger partial charge is 0.305 e. The van der Waals surface area contributed by atoms with Gasteiger partial charge in [0.15, 0.2) is 0 Å². The fourth-order valence-corrected chi connectivity index (χ4v) is 6.08. The number of alkyl halides is 1. The van der Waals surface area contributed by atoms with E-state index in [1.54, 1.807) is 13.2 Å². The van der Waals surface area contributed by atoms with E-state index in [-0.39, 0.29) is 24.3 Å². The van der Waals surface area contributed by atoms with Crippen molar-refractivity contribution in [2.45, 2.75) is 57.3 Å². The Morgan fingerprint density at radius 3 is 2.64 bits per heavy atom. The summed E-state index contributed by atoms with van der Waals surface area (Å²) in [5, 5.41) is 13.3. The molecule has 9 heteroatoms. The number of hydrogen-bond acceptors (Lipinski definition) is 5. The number of halogens is 1. The average Bonchev–Trinajstić information content (AvgIpc) is 3.37. The Balaban J connectivity index is 1.39. The van der Waals surface area contributed by atoms with Gasteiger partial charge in [-0.25, -0.2) is 4.39 Å². The number of nitrogens with zero attached hydrogens (tertiary/aromatic N) is 1. The molecule has 8 nitrogen and oxygen atoms in total. The summed E-state index contributed by atoms with van der Waals surface area (Å²) in [5.74, 6) is -2.01. The highest BCUT2D eigenvalue weighted by atomic mass is 19.1. The lowest BCUT2D eigenvalue weighted by Gasteiger charge is -2.39. The minimum absolute atomic E-state index is 0.159. The number of fused-ring (bicyclic) bond motifs is 2. The monoisotopic (exact) mass is 536 g/mol. The molecule has 2 amide bonds. The molecule has 5 unspecified atom stereocenters. The number of para-hydroxylation sites is 1. The molecular formula is C30H33FN2O6. The molecular weight excluding hydrogens is 503 g/mol. The van der Waals surface area contributed by atoms with E-state index >= 15 is 0 Å². The van der Waals surface area contributed by atoms with Gasteiger partial charge in [0.25, 0.3) is 5.91 Å². The van der Waals surface area contributed by atoms with Crippen molar-refractivity contribution in [3.63, 3.8) is 0 Å². The summed E-state index contributed by atoms with van der Waals surface area (Å²) in [5.41, 5.74) is 2.32. The van der Waals surface area contributed by atoms with Gasteiger partial charge < -0.3 is 24.5 Å². The Kier molecular flexibility index (Phi) is 7.20. The normalized spacial score (nSPS) is 21.3.